The molecule has 0 bridgehead atoms. The minimum atomic E-state index is 0.962. The van der Waals surface area contributed by atoms with Crippen LogP contribution in [0.4, 0.5) is 0 Å². The van der Waals surface area contributed by atoms with E-state index in [1.807, 2.05) is 0 Å². The predicted octanol–water partition coefficient (Wildman–Crippen LogP) is 9.18. The van der Waals surface area contributed by atoms with Crippen molar-refractivity contribution in [3.05, 3.63) is 0 Å². The Kier molecular flexibility index (Phi) is 21.4. The zero-order valence-electron chi connectivity index (χ0n) is 23.9. The first kappa shape index (κ1) is 31.9. The van der Waals surface area contributed by atoms with Gasteiger partial charge in [-0.2, -0.15) is 0 Å². The third-order valence-electron chi connectivity index (χ3n) is 7.06. The fraction of sp³-hybridized carbons (Fsp3) is 1.00. The molecule has 2 heteroatoms. The van der Waals surface area contributed by atoms with Crippen LogP contribution in [0.15, 0.2) is 0 Å². The van der Waals surface area contributed by atoms with Crippen LogP contribution in [0.3, 0.4) is 0 Å². The van der Waals surface area contributed by atoms with Gasteiger partial charge >= 0.3 is 0 Å². The molecule has 2 nitrogen and oxygen atoms in total. The predicted molar refractivity (Wildman–Crippen MR) is 148 cm³/mol. The summed E-state index contributed by atoms with van der Waals surface area (Å²) in [6.45, 7) is 23.2. The van der Waals surface area contributed by atoms with Gasteiger partial charge in [0, 0.05) is 25.2 Å². The average molecular weight is 453 g/mol. The molecule has 4 aliphatic rings. The van der Waals surface area contributed by atoms with Crippen LogP contribution in [-0.2, 0) is 0 Å². The zero-order valence-corrected chi connectivity index (χ0v) is 23.9. The van der Waals surface area contributed by atoms with Gasteiger partial charge in [-0.1, -0.05) is 93.9 Å². The van der Waals surface area contributed by atoms with Crippen molar-refractivity contribution in [2.45, 2.75) is 157 Å². The lowest BCUT2D eigenvalue weighted by molar-refractivity contribution is 0.0817. The van der Waals surface area contributed by atoms with Gasteiger partial charge in [0.1, 0.15) is 0 Å². The van der Waals surface area contributed by atoms with Crippen molar-refractivity contribution in [1.29, 1.82) is 0 Å². The summed E-state index contributed by atoms with van der Waals surface area (Å²) in [5.74, 6) is 1.92. The van der Waals surface area contributed by atoms with Crippen LogP contribution in [0.25, 0.3) is 0 Å². The molecule has 2 saturated carbocycles. The molecule has 2 aliphatic carbocycles. The molecule has 0 unspecified atom stereocenters. The van der Waals surface area contributed by atoms with Gasteiger partial charge < -0.3 is 9.80 Å². The van der Waals surface area contributed by atoms with Crippen molar-refractivity contribution in [3.63, 3.8) is 0 Å². The lowest BCUT2D eigenvalue weighted by atomic mass is 9.88. The lowest BCUT2D eigenvalue weighted by Crippen LogP contribution is -2.45. The number of nitrogens with zero attached hydrogens (tertiary/aromatic N) is 2. The Morgan fingerprint density at radius 2 is 0.812 bits per heavy atom. The van der Waals surface area contributed by atoms with E-state index in [2.05, 4.69) is 65.2 Å². The number of piperidine rings is 2. The fourth-order valence-electron chi connectivity index (χ4n) is 4.62. The van der Waals surface area contributed by atoms with Crippen molar-refractivity contribution in [2.75, 3.05) is 26.2 Å². The topological polar surface area (TPSA) is 6.48 Å². The van der Waals surface area contributed by atoms with Crippen molar-refractivity contribution < 1.29 is 0 Å². The minimum Gasteiger partial charge on any atom is -0.300 e. The molecule has 0 N–H and O–H groups in total. The number of likely N-dealkylation sites (tertiary alicyclic amines) is 2. The molecular weight excluding hydrogens is 388 g/mol. The number of unbranched alkanes of at least 4 members (excludes halogenated alkanes) is 1. The SMILES string of the molecule is CCC.CCC.CCCC.C[C@@H]1CCCN(C2CCC2)C1.C[C@H]1CCCN(C2CCC2)C1. The summed E-state index contributed by atoms with van der Waals surface area (Å²) < 4.78 is 0. The Hall–Kier alpha value is -0.0800. The van der Waals surface area contributed by atoms with Crippen LogP contribution in [0.5, 0.6) is 0 Å². The maximum absolute atomic E-state index is 2.72. The molecule has 2 heterocycles. The van der Waals surface area contributed by atoms with Gasteiger partial charge in [0.2, 0.25) is 0 Å². The maximum Gasteiger partial charge on any atom is 0.00953 e. The molecule has 4 fully saturated rings. The van der Waals surface area contributed by atoms with Gasteiger partial charge in [0.25, 0.3) is 0 Å². The van der Waals surface area contributed by atoms with Crippen LogP contribution >= 0.6 is 0 Å². The highest BCUT2D eigenvalue weighted by Gasteiger charge is 2.28. The first-order chi connectivity index (χ1) is 15.5. The van der Waals surface area contributed by atoms with Crippen LogP contribution in [0, 0.1) is 11.8 Å². The van der Waals surface area contributed by atoms with E-state index < -0.39 is 0 Å². The van der Waals surface area contributed by atoms with E-state index in [-0.39, 0.29) is 0 Å². The number of hydrogen-bond acceptors (Lipinski definition) is 2. The van der Waals surface area contributed by atoms with Crippen LogP contribution in [0.1, 0.15) is 145 Å². The molecule has 0 aromatic rings. The summed E-state index contributed by atoms with van der Waals surface area (Å²) in [5, 5.41) is 0. The van der Waals surface area contributed by atoms with Gasteiger partial charge in [0.05, 0.1) is 0 Å². The Morgan fingerprint density at radius 1 is 0.500 bits per heavy atom. The van der Waals surface area contributed by atoms with Gasteiger partial charge in [0.15, 0.2) is 0 Å². The number of hydrogen-bond donors (Lipinski definition) is 0. The highest BCUT2D eigenvalue weighted by molar-refractivity contribution is 4.84. The highest BCUT2D eigenvalue weighted by Crippen LogP contribution is 2.29. The number of rotatable bonds is 3. The average Bonchev–Trinajstić information content (AvgIpc) is 2.67. The molecule has 0 radical (unpaired) electrons. The van der Waals surface area contributed by atoms with Crippen molar-refractivity contribution in [2.24, 2.45) is 11.8 Å². The highest BCUT2D eigenvalue weighted by atomic mass is 15.2. The van der Waals surface area contributed by atoms with E-state index in [4.69, 9.17) is 0 Å². The zero-order chi connectivity index (χ0) is 24.2. The Labute approximate surface area is 205 Å². The van der Waals surface area contributed by atoms with E-state index in [1.165, 1.54) is 116 Å². The van der Waals surface area contributed by atoms with Crippen molar-refractivity contribution in [3.8, 4) is 0 Å². The quantitative estimate of drug-likeness (QED) is 0.421. The largest absolute Gasteiger partial charge is 0.300 e. The van der Waals surface area contributed by atoms with E-state index >= 15 is 0 Å². The third-order valence-corrected chi connectivity index (χ3v) is 7.06. The van der Waals surface area contributed by atoms with E-state index in [9.17, 15) is 0 Å². The van der Waals surface area contributed by atoms with Gasteiger partial charge in [-0.25, -0.2) is 0 Å². The van der Waals surface area contributed by atoms with Gasteiger partial charge in [-0.15, -0.1) is 0 Å². The molecular formula is C30H64N2. The third kappa shape index (κ3) is 14.9. The van der Waals surface area contributed by atoms with E-state index in [0.717, 1.165) is 23.9 Å². The summed E-state index contributed by atoms with van der Waals surface area (Å²) in [7, 11) is 0. The maximum atomic E-state index is 2.72. The second-order valence-electron chi connectivity index (χ2n) is 11.1. The Morgan fingerprint density at radius 3 is 1.00 bits per heavy atom. The molecule has 2 aliphatic heterocycles. The Balaban J connectivity index is 0.000000430. The molecule has 2 saturated heterocycles. The standard InChI is InChI=1S/2C10H19N.C4H10.2C3H8/c2*1-9-4-3-7-11(8-9)10-5-2-6-10;1-3-4-2;2*1-3-2/h2*9-10H,2-8H2,1H3;3-4H2,1-2H3;2*3H2,1-2H3/t2*9-;;;/m10.../s1. The first-order valence-corrected chi connectivity index (χ1v) is 14.9. The molecule has 2 atom stereocenters. The summed E-state index contributed by atoms with van der Waals surface area (Å²) in [6.07, 6.45) is 19.8. The van der Waals surface area contributed by atoms with Crippen LogP contribution < -0.4 is 0 Å². The molecule has 32 heavy (non-hydrogen) atoms. The summed E-state index contributed by atoms with van der Waals surface area (Å²) in [5.41, 5.74) is 0. The fourth-order valence-corrected chi connectivity index (χ4v) is 4.62. The van der Waals surface area contributed by atoms with Gasteiger partial charge in [-0.05, 0) is 76.3 Å². The lowest BCUT2D eigenvalue weighted by Gasteiger charge is -2.41. The Bertz CT molecular complexity index is 339. The normalized spacial score (nSPS) is 26.2. The molecule has 0 aromatic carbocycles. The summed E-state index contributed by atoms with van der Waals surface area (Å²) in [4.78, 5) is 5.44. The second-order valence-corrected chi connectivity index (χ2v) is 11.1. The van der Waals surface area contributed by atoms with Crippen molar-refractivity contribution >= 4 is 0 Å². The van der Waals surface area contributed by atoms with Crippen LogP contribution in [-0.4, -0.2) is 48.1 Å². The molecule has 4 rings (SSSR count). The monoisotopic (exact) mass is 453 g/mol. The van der Waals surface area contributed by atoms with Crippen LogP contribution in [0.2, 0.25) is 0 Å². The summed E-state index contributed by atoms with van der Waals surface area (Å²) >= 11 is 0. The van der Waals surface area contributed by atoms with E-state index in [0.29, 0.717) is 0 Å². The minimum absolute atomic E-state index is 0.962. The molecule has 0 aromatic heterocycles. The molecule has 0 amide bonds. The molecule has 194 valence electrons. The molecule has 0 spiro atoms. The smallest absolute Gasteiger partial charge is 0.00953 e. The van der Waals surface area contributed by atoms with Gasteiger partial charge in [-0.3, -0.25) is 0 Å². The van der Waals surface area contributed by atoms with E-state index in [1.54, 1.807) is 0 Å². The second kappa shape index (κ2) is 21.5. The first-order valence-electron chi connectivity index (χ1n) is 14.9. The van der Waals surface area contributed by atoms with Crippen molar-refractivity contribution in [1.82, 2.24) is 9.80 Å². The summed E-state index contributed by atoms with van der Waals surface area (Å²) in [6, 6.07) is 1.97.